The van der Waals surface area contributed by atoms with E-state index >= 15 is 0 Å². The lowest BCUT2D eigenvalue weighted by atomic mass is 9.91. The summed E-state index contributed by atoms with van der Waals surface area (Å²) in [5.41, 5.74) is 0.00355. The van der Waals surface area contributed by atoms with Gasteiger partial charge in [0.1, 0.15) is 5.01 Å². The molecule has 0 radical (unpaired) electrons. The van der Waals surface area contributed by atoms with Gasteiger partial charge >= 0.3 is 0 Å². The Morgan fingerprint density at radius 3 is 2.83 bits per heavy atom. The third kappa shape index (κ3) is 2.76. The normalized spacial score (nSPS) is 11.5. The number of amides is 1. The minimum atomic E-state index is -0.123. The molecule has 2 rings (SSSR count). The highest BCUT2D eigenvalue weighted by Crippen LogP contribution is 2.31. The van der Waals surface area contributed by atoms with Gasteiger partial charge in [0.15, 0.2) is 0 Å². The number of carbonyl (C=O) groups is 1. The minimum absolute atomic E-state index is 0.00355. The Balaban J connectivity index is 2.10. The Bertz CT molecular complexity index is 531. The van der Waals surface area contributed by atoms with Crippen molar-refractivity contribution in [3.8, 4) is 0 Å². The van der Waals surface area contributed by atoms with Crippen molar-refractivity contribution in [2.75, 3.05) is 5.32 Å². The predicted molar refractivity (Wildman–Crippen MR) is 75.5 cm³/mol. The van der Waals surface area contributed by atoms with Crippen LogP contribution in [0.5, 0.6) is 0 Å². The van der Waals surface area contributed by atoms with E-state index in [1.807, 2.05) is 11.4 Å². The van der Waals surface area contributed by atoms with Crippen molar-refractivity contribution in [1.82, 2.24) is 10.2 Å². The molecule has 0 aliphatic heterocycles. The molecule has 0 aliphatic rings. The van der Waals surface area contributed by atoms with Crippen LogP contribution in [-0.4, -0.2) is 16.1 Å². The average Bonchev–Trinajstić information content (AvgIpc) is 2.99. The number of anilines is 1. The topological polar surface area (TPSA) is 54.9 Å². The monoisotopic (exact) mass is 281 g/mol. The second kappa shape index (κ2) is 5.16. The summed E-state index contributed by atoms with van der Waals surface area (Å²) in [5, 5.41) is 14.3. The molecule has 6 heteroatoms. The first-order chi connectivity index (χ1) is 8.53. The maximum atomic E-state index is 11.8. The number of rotatable bonds is 4. The van der Waals surface area contributed by atoms with Crippen LogP contribution in [0.3, 0.4) is 0 Å². The van der Waals surface area contributed by atoms with Gasteiger partial charge in [0, 0.05) is 5.41 Å². The van der Waals surface area contributed by atoms with Crippen LogP contribution in [0.4, 0.5) is 5.13 Å². The highest BCUT2D eigenvalue weighted by atomic mass is 32.1. The van der Waals surface area contributed by atoms with E-state index in [2.05, 4.69) is 36.3 Å². The van der Waals surface area contributed by atoms with Crippen molar-refractivity contribution in [2.45, 2.75) is 32.6 Å². The molecule has 0 saturated heterocycles. The fraction of sp³-hybridized carbons (Fsp3) is 0.417. The number of thiophene rings is 1. The summed E-state index contributed by atoms with van der Waals surface area (Å²) >= 11 is 2.85. The van der Waals surface area contributed by atoms with E-state index in [0.29, 0.717) is 10.0 Å². The molecular weight excluding hydrogens is 266 g/mol. The van der Waals surface area contributed by atoms with Crippen LogP contribution in [-0.2, 0) is 5.41 Å². The van der Waals surface area contributed by atoms with Crippen LogP contribution >= 0.6 is 22.7 Å². The zero-order valence-corrected chi connectivity index (χ0v) is 12.2. The van der Waals surface area contributed by atoms with Gasteiger partial charge in [-0.1, -0.05) is 38.2 Å². The van der Waals surface area contributed by atoms with Crippen LogP contribution < -0.4 is 5.32 Å². The molecule has 0 fully saturated rings. The summed E-state index contributed by atoms with van der Waals surface area (Å²) in [5.74, 6) is -0.123. The summed E-state index contributed by atoms with van der Waals surface area (Å²) < 4.78 is 0. The van der Waals surface area contributed by atoms with E-state index in [1.165, 1.54) is 22.7 Å². The van der Waals surface area contributed by atoms with Gasteiger partial charge in [-0.15, -0.1) is 21.5 Å². The molecule has 96 valence electrons. The quantitative estimate of drug-likeness (QED) is 0.932. The van der Waals surface area contributed by atoms with Crippen LogP contribution in [0.2, 0.25) is 0 Å². The standard InChI is InChI=1S/C12H15N3OS2/c1-4-12(2,3)10-14-15-11(18-10)13-9(16)8-6-5-7-17-8/h5-7H,4H2,1-3H3,(H,13,15,16). The Morgan fingerprint density at radius 2 is 2.22 bits per heavy atom. The van der Waals surface area contributed by atoms with Crippen molar-refractivity contribution >= 4 is 33.7 Å². The molecule has 0 bridgehead atoms. The molecule has 1 N–H and O–H groups in total. The Kier molecular flexibility index (Phi) is 3.77. The van der Waals surface area contributed by atoms with E-state index in [0.717, 1.165) is 11.4 Å². The van der Waals surface area contributed by atoms with E-state index in [-0.39, 0.29) is 11.3 Å². The fourth-order valence-electron chi connectivity index (χ4n) is 1.26. The number of nitrogens with one attached hydrogen (secondary N) is 1. The Labute approximate surface area is 114 Å². The van der Waals surface area contributed by atoms with Crippen molar-refractivity contribution < 1.29 is 4.79 Å². The molecule has 4 nitrogen and oxygen atoms in total. The average molecular weight is 281 g/mol. The van der Waals surface area contributed by atoms with Crippen molar-refractivity contribution in [2.24, 2.45) is 0 Å². The highest BCUT2D eigenvalue weighted by molar-refractivity contribution is 7.16. The summed E-state index contributed by atoms with van der Waals surface area (Å²) in [6.45, 7) is 6.36. The Morgan fingerprint density at radius 1 is 1.44 bits per heavy atom. The second-order valence-electron chi connectivity index (χ2n) is 4.58. The van der Waals surface area contributed by atoms with Crippen LogP contribution in [0.25, 0.3) is 0 Å². The molecule has 2 aromatic heterocycles. The van der Waals surface area contributed by atoms with Gasteiger partial charge in [-0.25, -0.2) is 0 Å². The molecular formula is C12H15N3OS2. The number of carbonyl (C=O) groups excluding carboxylic acids is 1. The predicted octanol–water partition coefficient (Wildman–Crippen LogP) is 3.54. The van der Waals surface area contributed by atoms with Crippen molar-refractivity contribution in [3.63, 3.8) is 0 Å². The largest absolute Gasteiger partial charge is 0.296 e. The molecule has 2 aromatic rings. The highest BCUT2D eigenvalue weighted by Gasteiger charge is 2.23. The number of nitrogens with zero attached hydrogens (tertiary/aromatic N) is 2. The summed E-state index contributed by atoms with van der Waals surface area (Å²) in [6.07, 6.45) is 0.987. The first kappa shape index (κ1) is 13.2. The first-order valence-electron chi connectivity index (χ1n) is 5.72. The zero-order valence-electron chi connectivity index (χ0n) is 10.6. The van der Waals surface area contributed by atoms with Gasteiger partial charge < -0.3 is 0 Å². The maximum absolute atomic E-state index is 11.8. The maximum Gasteiger partial charge on any atom is 0.267 e. The third-order valence-corrected chi connectivity index (χ3v) is 4.93. The minimum Gasteiger partial charge on any atom is -0.296 e. The summed E-state index contributed by atoms with van der Waals surface area (Å²) in [7, 11) is 0. The van der Waals surface area contributed by atoms with Gasteiger partial charge in [-0.2, -0.15) is 0 Å². The lowest BCUT2D eigenvalue weighted by molar-refractivity contribution is 0.103. The number of aromatic nitrogens is 2. The molecule has 2 heterocycles. The SMILES string of the molecule is CCC(C)(C)c1nnc(NC(=O)c2cccs2)s1. The third-order valence-electron chi connectivity index (χ3n) is 2.85. The molecule has 0 saturated carbocycles. The van der Waals surface area contributed by atoms with Crippen molar-refractivity contribution in [3.05, 3.63) is 27.4 Å². The van der Waals surface area contributed by atoms with Crippen LogP contribution in [0, 0.1) is 0 Å². The Hall–Kier alpha value is -1.27. The van der Waals surface area contributed by atoms with Crippen molar-refractivity contribution in [1.29, 1.82) is 0 Å². The van der Waals surface area contributed by atoms with Gasteiger partial charge in [0.25, 0.3) is 5.91 Å². The van der Waals surface area contributed by atoms with E-state index < -0.39 is 0 Å². The smallest absolute Gasteiger partial charge is 0.267 e. The number of hydrogen-bond donors (Lipinski definition) is 1. The van der Waals surface area contributed by atoms with E-state index in [4.69, 9.17) is 0 Å². The molecule has 1 amide bonds. The lowest BCUT2D eigenvalue weighted by Gasteiger charge is -2.17. The van der Waals surface area contributed by atoms with Gasteiger partial charge in [0.05, 0.1) is 4.88 Å². The second-order valence-corrected chi connectivity index (χ2v) is 6.51. The molecule has 0 atom stereocenters. The van der Waals surface area contributed by atoms with Gasteiger partial charge in [-0.05, 0) is 17.9 Å². The molecule has 0 aliphatic carbocycles. The zero-order chi connectivity index (χ0) is 13.2. The van der Waals surface area contributed by atoms with Gasteiger partial charge in [-0.3, -0.25) is 10.1 Å². The summed E-state index contributed by atoms with van der Waals surface area (Å²) in [4.78, 5) is 12.5. The van der Waals surface area contributed by atoms with Gasteiger partial charge in [0.2, 0.25) is 5.13 Å². The van der Waals surface area contributed by atoms with E-state index in [9.17, 15) is 4.79 Å². The fourth-order valence-corrected chi connectivity index (χ4v) is 2.79. The molecule has 0 unspecified atom stereocenters. The number of hydrogen-bond acceptors (Lipinski definition) is 5. The molecule has 18 heavy (non-hydrogen) atoms. The summed E-state index contributed by atoms with van der Waals surface area (Å²) in [6, 6.07) is 3.64. The lowest BCUT2D eigenvalue weighted by Crippen LogP contribution is -2.14. The van der Waals surface area contributed by atoms with Crippen LogP contribution in [0.15, 0.2) is 17.5 Å². The molecule has 0 spiro atoms. The molecule has 0 aromatic carbocycles. The van der Waals surface area contributed by atoms with Crippen LogP contribution in [0.1, 0.15) is 41.9 Å². The van der Waals surface area contributed by atoms with E-state index in [1.54, 1.807) is 6.07 Å². The first-order valence-corrected chi connectivity index (χ1v) is 7.41.